The van der Waals surface area contributed by atoms with Crippen molar-refractivity contribution in [2.75, 3.05) is 13.2 Å². The molecular formula is C26H28N6O6. The van der Waals surface area contributed by atoms with Gasteiger partial charge in [-0.25, -0.2) is 0 Å². The number of aliphatic imine (C=N–C) groups is 1. The second kappa shape index (κ2) is 11.5. The Balaban J connectivity index is 1.57. The Labute approximate surface area is 218 Å². The summed E-state index contributed by atoms with van der Waals surface area (Å²) >= 11 is 0. The third-order valence-electron chi connectivity index (χ3n) is 6.23. The molecule has 0 unspecified atom stereocenters. The van der Waals surface area contributed by atoms with Crippen LogP contribution in [0.4, 0.5) is 0 Å². The second-order valence-corrected chi connectivity index (χ2v) is 9.22. The Hall–Kier alpha value is -4.18. The fourth-order valence-corrected chi connectivity index (χ4v) is 4.45. The van der Waals surface area contributed by atoms with Crippen LogP contribution in [0.3, 0.4) is 0 Å². The molecule has 2 aromatic carbocycles. The predicted molar refractivity (Wildman–Crippen MR) is 137 cm³/mol. The zero-order valence-corrected chi connectivity index (χ0v) is 20.9. The molecule has 12 heteroatoms. The minimum Gasteiger partial charge on any atom is -0.490 e. The van der Waals surface area contributed by atoms with Crippen molar-refractivity contribution in [3.05, 3.63) is 63.2 Å². The van der Waals surface area contributed by atoms with E-state index in [1.165, 1.54) is 0 Å². The van der Waals surface area contributed by atoms with Crippen molar-refractivity contribution >= 4 is 5.71 Å². The monoisotopic (exact) mass is 520 g/mol. The molecule has 12 nitrogen and oxygen atoms in total. The number of nitrogens with zero attached hydrogens (tertiary/aromatic N) is 5. The minimum atomic E-state index is -1.57. The maximum Gasteiger partial charge on any atom is 0.258 e. The zero-order chi connectivity index (χ0) is 27.4. The first kappa shape index (κ1) is 26.9. The van der Waals surface area contributed by atoms with Crippen molar-refractivity contribution in [3.63, 3.8) is 0 Å². The Morgan fingerprint density at radius 2 is 2.05 bits per heavy atom. The molecule has 1 aliphatic rings. The van der Waals surface area contributed by atoms with E-state index in [-0.39, 0.29) is 18.5 Å². The first-order valence-electron chi connectivity index (χ1n) is 12.1. The number of nitriles is 1. The molecule has 3 aromatic rings. The maximum absolute atomic E-state index is 11.3. The third-order valence-corrected chi connectivity index (χ3v) is 6.23. The molecule has 3 atom stereocenters. The van der Waals surface area contributed by atoms with Gasteiger partial charge < -0.3 is 25.2 Å². The highest BCUT2D eigenvalue weighted by Crippen LogP contribution is 2.33. The SMILES string of the molecule is CC(C)Oc1ccc(-c2nc(-c3cccc4c3CCC4=NC[C@@H](N)[C@@H]([C@H](O)CO)[N+](=O)[O-])no2)cc1C#N. The smallest absolute Gasteiger partial charge is 0.258 e. The quantitative estimate of drug-likeness (QED) is 0.263. The molecule has 1 aliphatic carbocycles. The van der Waals surface area contributed by atoms with E-state index in [0.717, 1.165) is 22.4 Å². The Morgan fingerprint density at radius 1 is 1.29 bits per heavy atom. The Kier molecular flexibility index (Phi) is 8.11. The summed E-state index contributed by atoms with van der Waals surface area (Å²) in [6.07, 6.45) is -0.397. The maximum atomic E-state index is 11.3. The molecule has 0 saturated carbocycles. The Morgan fingerprint density at radius 3 is 2.74 bits per heavy atom. The van der Waals surface area contributed by atoms with Gasteiger partial charge in [0.1, 0.15) is 17.9 Å². The van der Waals surface area contributed by atoms with Gasteiger partial charge in [0.25, 0.3) is 11.9 Å². The summed E-state index contributed by atoms with van der Waals surface area (Å²) in [5.74, 6) is 1.13. The summed E-state index contributed by atoms with van der Waals surface area (Å²) in [6, 6.07) is 10.3. The van der Waals surface area contributed by atoms with Gasteiger partial charge in [0.15, 0.2) is 0 Å². The van der Waals surface area contributed by atoms with Crippen LogP contribution in [-0.2, 0) is 6.42 Å². The predicted octanol–water partition coefficient (Wildman–Crippen LogP) is 2.12. The summed E-state index contributed by atoms with van der Waals surface area (Å²) in [5.41, 5.74) is 10.2. The fraction of sp³-hybridized carbons (Fsp3) is 0.385. The highest BCUT2D eigenvalue weighted by Gasteiger charge is 2.36. The number of ether oxygens (including phenoxy) is 1. The molecular weight excluding hydrogens is 492 g/mol. The third kappa shape index (κ3) is 5.55. The summed E-state index contributed by atoms with van der Waals surface area (Å²) in [4.78, 5) is 19.7. The average Bonchev–Trinajstić information content (AvgIpc) is 3.54. The number of hydrogen-bond donors (Lipinski definition) is 3. The van der Waals surface area contributed by atoms with E-state index in [1.54, 1.807) is 18.2 Å². The lowest BCUT2D eigenvalue weighted by molar-refractivity contribution is -0.537. The van der Waals surface area contributed by atoms with Crippen molar-refractivity contribution in [1.82, 2.24) is 10.1 Å². The topological polar surface area (TPSA) is 194 Å². The van der Waals surface area contributed by atoms with Crippen LogP contribution in [0.1, 0.15) is 37.0 Å². The lowest BCUT2D eigenvalue weighted by Gasteiger charge is -2.19. The fourth-order valence-electron chi connectivity index (χ4n) is 4.45. The summed E-state index contributed by atoms with van der Waals surface area (Å²) in [7, 11) is 0. The lowest BCUT2D eigenvalue weighted by atomic mass is 10.0. The number of aromatic nitrogens is 2. The van der Waals surface area contributed by atoms with Crippen LogP contribution in [0.15, 0.2) is 45.9 Å². The van der Waals surface area contributed by atoms with Crippen LogP contribution in [0.25, 0.3) is 22.8 Å². The van der Waals surface area contributed by atoms with Gasteiger partial charge in [-0.15, -0.1) is 0 Å². The van der Waals surface area contributed by atoms with Gasteiger partial charge in [0.2, 0.25) is 5.82 Å². The van der Waals surface area contributed by atoms with E-state index in [9.17, 15) is 20.5 Å². The largest absolute Gasteiger partial charge is 0.490 e. The molecule has 0 aliphatic heterocycles. The van der Waals surface area contributed by atoms with Gasteiger partial charge in [-0.05, 0) is 56.0 Å². The zero-order valence-electron chi connectivity index (χ0n) is 20.9. The summed E-state index contributed by atoms with van der Waals surface area (Å²) in [6.45, 7) is 2.93. The summed E-state index contributed by atoms with van der Waals surface area (Å²) < 4.78 is 11.2. The number of rotatable bonds is 10. The number of benzene rings is 2. The van der Waals surface area contributed by atoms with Crippen molar-refractivity contribution in [3.8, 4) is 34.7 Å². The number of aliphatic hydroxyl groups is 2. The first-order chi connectivity index (χ1) is 18.2. The molecule has 1 heterocycles. The van der Waals surface area contributed by atoms with Gasteiger partial charge in [-0.2, -0.15) is 10.2 Å². The van der Waals surface area contributed by atoms with Crippen molar-refractivity contribution < 1.29 is 24.4 Å². The van der Waals surface area contributed by atoms with Crippen LogP contribution in [0.2, 0.25) is 0 Å². The van der Waals surface area contributed by atoms with E-state index in [2.05, 4.69) is 21.2 Å². The number of hydrogen-bond acceptors (Lipinski definition) is 11. The lowest BCUT2D eigenvalue weighted by Crippen LogP contribution is -2.51. The van der Waals surface area contributed by atoms with Crippen LogP contribution in [-0.4, -0.2) is 68.4 Å². The van der Waals surface area contributed by atoms with Gasteiger partial charge in [0.05, 0.1) is 30.9 Å². The molecule has 1 aromatic heterocycles. The average molecular weight is 521 g/mol. The number of nitro groups is 1. The molecule has 0 amide bonds. The van der Waals surface area contributed by atoms with Crippen molar-refractivity contribution in [2.45, 2.75) is 51.0 Å². The van der Waals surface area contributed by atoms with Gasteiger partial charge in [-0.3, -0.25) is 15.1 Å². The highest BCUT2D eigenvalue weighted by atomic mass is 16.6. The van der Waals surface area contributed by atoms with E-state index in [0.29, 0.717) is 35.5 Å². The van der Waals surface area contributed by atoms with Crippen LogP contribution < -0.4 is 10.5 Å². The summed E-state index contributed by atoms with van der Waals surface area (Å²) in [5, 5.41) is 43.8. The standard InChI is InChI=1S/C26H28N6O6/c1-14(2)37-23-9-6-15(10-16(23)11-27)26-30-25(31-38-26)19-5-3-4-18-17(19)7-8-21(18)29-12-20(28)24(32(35)36)22(34)13-33/h3-6,9-10,14,20,22,24,33-34H,7-8,12-13,28H2,1-2H3/t20-,22-,24+/m1/s1. The van der Waals surface area contributed by atoms with Crippen LogP contribution in [0, 0.1) is 21.4 Å². The molecule has 4 N–H and O–H groups in total. The Bertz CT molecular complexity index is 1400. The molecule has 38 heavy (non-hydrogen) atoms. The number of aliphatic hydroxyl groups excluding tert-OH is 2. The number of nitrogens with two attached hydrogens (primary N) is 1. The van der Waals surface area contributed by atoms with Gasteiger partial charge in [-0.1, -0.05) is 23.4 Å². The van der Waals surface area contributed by atoms with Crippen molar-refractivity contribution in [2.24, 2.45) is 10.7 Å². The number of fused-ring (bicyclic) bond motifs is 1. The van der Waals surface area contributed by atoms with E-state index in [1.807, 2.05) is 32.0 Å². The highest BCUT2D eigenvalue weighted by molar-refractivity contribution is 6.06. The van der Waals surface area contributed by atoms with E-state index < -0.39 is 29.7 Å². The van der Waals surface area contributed by atoms with E-state index >= 15 is 0 Å². The molecule has 0 fully saturated rings. The van der Waals surface area contributed by atoms with Crippen molar-refractivity contribution in [1.29, 1.82) is 5.26 Å². The molecule has 198 valence electrons. The minimum absolute atomic E-state index is 0.0751. The van der Waals surface area contributed by atoms with Gasteiger partial charge in [0, 0.05) is 21.8 Å². The molecule has 0 bridgehead atoms. The normalized spacial score (nSPS) is 16.2. The van der Waals surface area contributed by atoms with Crippen LogP contribution in [0.5, 0.6) is 5.75 Å². The molecule has 0 radical (unpaired) electrons. The second-order valence-electron chi connectivity index (χ2n) is 9.22. The molecule has 0 spiro atoms. The van der Waals surface area contributed by atoms with Gasteiger partial charge >= 0.3 is 0 Å². The van der Waals surface area contributed by atoms with E-state index in [4.69, 9.17) is 20.1 Å². The molecule has 0 saturated heterocycles. The van der Waals surface area contributed by atoms with Crippen LogP contribution >= 0.6 is 0 Å². The first-order valence-corrected chi connectivity index (χ1v) is 12.1. The molecule has 4 rings (SSSR count).